The summed E-state index contributed by atoms with van der Waals surface area (Å²) in [7, 11) is -4.42. The van der Waals surface area contributed by atoms with Crippen molar-refractivity contribution in [3.05, 3.63) is 0 Å². The molecule has 0 saturated carbocycles. The third-order valence-electron chi connectivity index (χ3n) is 2.95. The maximum absolute atomic E-state index is 10.7. The summed E-state index contributed by atoms with van der Waals surface area (Å²) < 4.78 is 34.3. The fourth-order valence-corrected chi connectivity index (χ4v) is 2.23. The minimum atomic E-state index is -4.42. The molecule has 1 aliphatic rings. The first-order valence-electron chi connectivity index (χ1n) is 6.89. The van der Waals surface area contributed by atoms with E-state index in [4.69, 9.17) is 0 Å². The smallest absolute Gasteiger partial charge is 0.243 e. The van der Waals surface area contributed by atoms with Gasteiger partial charge in [0.15, 0.2) is 0 Å². The van der Waals surface area contributed by atoms with Crippen LogP contribution in [0.1, 0.15) is 27.7 Å². The monoisotopic (exact) mass is 323 g/mol. The van der Waals surface area contributed by atoms with Crippen molar-refractivity contribution in [1.29, 1.82) is 0 Å². The molecule has 8 nitrogen and oxygen atoms in total. The lowest BCUT2D eigenvalue weighted by Gasteiger charge is -2.06. The number of carbonyl (C=O) groups excluding carboxylic acids is 1. The summed E-state index contributed by atoms with van der Waals surface area (Å²) in [6.45, 7) is 12.1. The number of nitrogens with one attached hydrogen (secondary N) is 1. The molecule has 1 N–H and O–H groups in total. The molecule has 0 atom stereocenters. The standard InChI is InChI=1S/C10H19N3O.C2H6O4S/c1-4-12-7-8-13(10(12)3)6-5-11-9(2)14;1-2-6-7(3,4)5/h4-8H2,1-3H3;2H2,1H3,(H,3,4,5). The van der Waals surface area contributed by atoms with Gasteiger partial charge in [0.25, 0.3) is 0 Å². The van der Waals surface area contributed by atoms with Crippen LogP contribution in [-0.4, -0.2) is 73.5 Å². The number of rotatable bonds is 6. The second-order valence-electron chi connectivity index (χ2n) is 4.41. The molecule has 0 fully saturated rings. The molecule has 0 saturated heterocycles. The van der Waals surface area contributed by atoms with Gasteiger partial charge in [-0.05, 0) is 13.8 Å². The normalized spacial score (nSPS) is 14.8. The van der Waals surface area contributed by atoms with E-state index < -0.39 is 10.4 Å². The highest BCUT2D eigenvalue weighted by molar-refractivity contribution is 7.80. The second-order valence-corrected chi connectivity index (χ2v) is 5.46. The molecule has 0 aromatic carbocycles. The minimum absolute atomic E-state index is 0.0502. The number of hydrogen-bond acceptors (Lipinski definition) is 6. The van der Waals surface area contributed by atoms with E-state index >= 15 is 0 Å². The highest BCUT2D eigenvalue weighted by Crippen LogP contribution is 1.99. The number of hydrogen-bond donors (Lipinski definition) is 1. The van der Waals surface area contributed by atoms with Gasteiger partial charge in [-0.15, -0.1) is 0 Å². The van der Waals surface area contributed by atoms with Crippen LogP contribution in [0.4, 0.5) is 0 Å². The van der Waals surface area contributed by atoms with Crippen molar-refractivity contribution in [2.24, 2.45) is 0 Å². The SMILES string of the molecule is CCN1CC[N+](CCNC(C)=O)=C1C.CCOS(=O)(=O)[O-]. The van der Waals surface area contributed by atoms with Crippen LogP contribution in [0.15, 0.2) is 0 Å². The van der Waals surface area contributed by atoms with Crippen LogP contribution in [-0.2, 0) is 19.4 Å². The molecular formula is C12H25N3O5S. The van der Waals surface area contributed by atoms with Gasteiger partial charge in [-0.1, -0.05) is 0 Å². The van der Waals surface area contributed by atoms with E-state index in [9.17, 15) is 17.8 Å². The van der Waals surface area contributed by atoms with Crippen molar-refractivity contribution in [3.63, 3.8) is 0 Å². The fourth-order valence-electron chi connectivity index (χ4n) is 1.94. The van der Waals surface area contributed by atoms with Crippen LogP contribution in [0.25, 0.3) is 0 Å². The van der Waals surface area contributed by atoms with Crippen LogP contribution in [0.5, 0.6) is 0 Å². The Bertz CT molecular complexity index is 462. The van der Waals surface area contributed by atoms with E-state index in [1.807, 2.05) is 0 Å². The molecular weight excluding hydrogens is 298 g/mol. The lowest BCUT2D eigenvalue weighted by molar-refractivity contribution is -0.516. The van der Waals surface area contributed by atoms with Crippen LogP contribution in [0.3, 0.4) is 0 Å². The molecule has 1 amide bonds. The summed E-state index contributed by atoms with van der Waals surface area (Å²) in [5.41, 5.74) is 0. The van der Waals surface area contributed by atoms with E-state index in [0.717, 1.165) is 32.7 Å². The molecule has 0 bridgehead atoms. The zero-order chi connectivity index (χ0) is 16.5. The maximum Gasteiger partial charge on any atom is 0.243 e. The van der Waals surface area contributed by atoms with E-state index in [0.29, 0.717) is 0 Å². The van der Waals surface area contributed by atoms with Crippen LogP contribution < -0.4 is 5.32 Å². The number of amides is 1. The highest BCUT2D eigenvalue weighted by atomic mass is 32.3. The molecule has 1 heterocycles. The summed E-state index contributed by atoms with van der Waals surface area (Å²) in [4.78, 5) is 13.0. The number of amidine groups is 1. The Balaban J connectivity index is 0.000000486. The van der Waals surface area contributed by atoms with Gasteiger partial charge in [0.2, 0.25) is 22.1 Å². The molecule has 0 aromatic heterocycles. The number of carbonyl (C=O) groups is 1. The average Bonchev–Trinajstić information content (AvgIpc) is 2.69. The first-order valence-corrected chi connectivity index (χ1v) is 8.22. The summed E-state index contributed by atoms with van der Waals surface area (Å²) in [6, 6.07) is 0. The molecule has 0 aliphatic carbocycles. The molecule has 124 valence electrons. The Morgan fingerprint density at radius 3 is 2.43 bits per heavy atom. The zero-order valence-corrected chi connectivity index (χ0v) is 13.9. The average molecular weight is 323 g/mol. The largest absolute Gasteiger partial charge is 0.726 e. The van der Waals surface area contributed by atoms with Crippen LogP contribution >= 0.6 is 0 Å². The zero-order valence-electron chi connectivity index (χ0n) is 13.1. The maximum atomic E-state index is 10.7. The quantitative estimate of drug-likeness (QED) is 0.397. The van der Waals surface area contributed by atoms with Crippen LogP contribution in [0, 0.1) is 0 Å². The molecule has 0 spiro atoms. The summed E-state index contributed by atoms with van der Waals surface area (Å²) >= 11 is 0. The predicted octanol–water partition coefficient (Wildman–Crippen LogP) is -0.628. The van der Waals surface area contributed by atoms with Crippen molar-refractivity contribution in [3.8, 4) is 0 Å². The Labute approximate surface area is 126 Å². The van der Waals surface area contributed by atoms with Gasteiger partial charge >= 0.3 is 0 Å². The van der Waals surface area contributed by atoms with Crippen molar-refractivity contribution in [2.45, 2.75) is 27.7 Å². The highest BCUT2D eigenvalue weighted by Gasteiger charge is 2.24. The van der Waals surface area contributed by atoms with Gasteiger partial charge in [0.05, 0.1) is 19.7 Å². The lowest BCUT2D eigenvalue weighted by atomic mass is 10.5. The van der Waals surface area contributed by atoms with Gasteiger partial charge in [-0.25, -0.2) is 8.42 Å². The third-order valence-corrected chi connectivity index (χ3v) is 3.48. The third kappa shape index (κ3) is 9.38. The number of nitrogens with zero attached hydrogens (tertiary/aromatic N) is 2. The van der Waals surface area contributed by atoms with Gasteiger partial charge in [-0.3, -0.25) is 18.5 Å². The Hall–Kier alpha value is -1.19. The van der Waals surface area contributed by atoms with E-state index in [-0.39, 0.29) is 12.5 Å². The van der Waals surface area contributed by atoms with Gasteiger partial charge < -0.3 is 9.87 Å². The summed E-state index contributed by atoms with van der Waals surface area (Å²) in [6.07, 6.45) is 0. The van der Waals surface area contributed by atoms with Crippen molar-refractivity contribution in [2.75, 3.05) is 39.3 Å². The van der Waals surface area contributed by atoms with Crippen molar-refractivity contribution >= 4 is 22.1 Å². The van der Waals surface area contributed by atoms with Crippen molar-refractivity contribution in [1.82, 2.24) is 10.2 Å². The molecule has 1 aliphatic heterocycles. The summed E-state index contributed by atoms with van der Waals surface area (Å²) in [5, 5.41) is 2.81. The molecule has 21 heavy (non-hydrogen) atoms. The van der Waals surface area contributed by atoms with E-state index in [2.05, 4.69) is 32.8 Å². The van der Waals surface area contributed by atoms with Gasteiger partial charge in [-0.2, -0.15) is 0 Å². The van der Waals surface area contributed by atoms with E-state index in [1.165, 1.54) is 12.8 Å². The second kappa shape index (κ2) is 9.69. The fraction of sp³-hybridized carbons (Fsp3) is 0.833. The predicted molar refractivity (Wildman–Crippen MR) is 77.9 cm³/mol. The first kappa shape index (κ1) is 19.8. The Morgan fingerprint density at radius 1 is 1.48 bits per heavy atom. The molecule has 9 heteroatoms. The first-order chi connectivity index (χ1) is 9.71. The van der Waals surface area contributed by atoms with Gasteiger partial charge in [0.1, 0.15) is 19.6 Å². The Kier molecular flexibility index (Phi) is 9.14. The Morgan fingerprint density at radius 2 is 2.10 bits per heavy atom. The molecule has 0 radical (unpaired) electrons. The van der Waals surface area contributed by atoms with Crippen molar-refractivity contribution < 1.29 is 26.5 Å². The summed E-state index contributed by atoms with van der Waals surface area (Å²) in [5.74, 6) is 1.38. The number of likely N-dealkylation sites (N-methyl/N-ethyl adjacent to an activating group) is 1. The molecule has 0 aromatic rings. The topological polar surface area (TPSA) is 102 Å². The minimum Gasteiger partial charge on any atom is -0.726 e. The molecule has 1 rings (SSSR count). The van der Waals surface area contributed by atoms with E-state index in [1.54, 1.807) is 6.92 Å². The van der Waals surface area contributed by atoms with Gasteiger partial charge in [0, 0.05) is 13.8 Å². The lowest BCUT2D eigenvalue weighted by Crippen LogP contribution is -2.31. The molecule has 0 unspecified atom stereocenters. The van der Waals surface area contributed by atoms with Crippen LogP contribution in [0.2, 0.25) is 0 Å².